The summed E-state index contributed by atoms with van der Waals surface area (Å²) in [6.45, 7) is 5.45. The quantitative estimate of drug-likeness (QED) is 0.491. The SMILES string of the molecule is Cc1cc(C)c2sc(N(CCCN(C)C)C(=O)c3cccc(N4C(=O)CCC4=O)c3)nc2c1. The second kappa shape index (κ2) is 9.41. The van der Waals surface area contributed by atoms with Gasteiger partial charge in [0, 0.05) is 24.9 Å². The summed E-state index contributed by atoms with van der Waals surface area (Å²) in [7, 11) is 4.01. The summed E-state index contributed by atoms with van der Waals surface area (Å²) in [6, 6.07) is 10.9. The number of rotatable bonds is 7. The van der Waals surface area contributed by atoms with Gasteiger partial charge in [0.15, 0.2) is 5.13 Å². The minimum absolute atomic E-state index is 0.192. The molecule has 2 aromatic carbocycles. The Balaban J connectivity index is 1.70. The third-order valence-electron chi connectivity index (χ3n) is 5.67. The van der Waals surface area contributed by atoms with Crippen LogP contribution in [-0.4, -0.2) is 54.8 Å². The molecule has 3 aromatic rings. The van der Waals surface area contributed by atoms with Crippen molar-refractivity contribution in [2.75, 3.05) is 37.0 Å². The summed E-state index contributed by atoms with van der Waals surface area (Å²) in [5, 5.41) is 0.654. The fourth-order valence-electron chi connectivity index (χ4n) is 4.11. The van der Waals surface area contributed by atoms with E-state index >= 15 is 0 Å². The van der Waals surface area contributed by atoms with Crippen LogP contribution in [0.15, 0.2) is 36.4 Å². The number of hydrogen-bond acceptors (Lipinski definition) is 6. The van der Waals surface area contributed by atoms with Gasteiger partial charge < -0.3 is 4.90 Å². The number of imide groups is 1. The fourth-order valence-corrected chi connectivity index (χ4v) is 5.15. The molecule has 172 valence electrons. The van der Waals surface area contributed by atoms with Crippen molar-refractivity contribution in [1.82, 2.24) is 9.88 Å². The minimum atomic E-state index is -0.232. The lowest BCUT2D eigenvalue weighted by molar-refractivity contribution is -0.121. The van der Waals surface area contributed by atoms with Crippen LogP contribution in [0, 0.1) is 13.8 Å². The van der Waals surface area contributed by atoms with E-state index in [0.717, 1.165) is 34.3 Å². The monoisotopic (exact) mass is 464 g/mol. The number of amides is 3. The van der Waals surface area contributed by atoms with Crippen LogP contribution in [0.1, 0.15) is 40.7 Å². The van der Waals surface area contributed by atoms with Crippen molar-refractivity contribution in [3.63, 3.8) is 0 Å². The molecular formula is C25H28N4O3S. The molecule has 0 spiro atoms. The van der Waals surface area contributed by atoms with Crippen molar-refractivity contribution < 1.29 is 14.4 Å². The zero-order chi connectivity index (χ0) is 23.7. The van der Waals surface area contributed by atoms with Crippen molar-refractivity contribution in [2.24, 2.45) is 0 Å². The Labute approximate surface area is 197 Å². The van der Waals surface area contributed by atoms with E-state index in [0.29, 0.717) is 22.9 Å². The van der Waals surface area contributed by atoms with Crippen LogP contribution in [-0.2, 0) is 9.59 Å². The highest BCUT2D eigenvalue weighted by Gasteiger charge is 2.31. The molecule has 0 N–H and O–H groups in total. The zero-order valence-corrected chi connectivity index (χ0v) is 20.2. The minimum Gasteiger partial charge on any atom is -0.309 e. The summed E-state index contributed by atoms with van der Waals surface area (Å²) in [5.74, 6) is -0.656. The lowest BCUT2D eigenvalue weighted by atomic mass is 10.1. The van der Waals surface area contributed by atoms with E-state index in [9.17, 15) is 14.4 Å². The third-order valence-corrected chi connectivity index (χ3v) is 6.90. The zero-order valence-electron chi connectivity index (χ0n) is 19.4. The van der Waals surface area contributed by atoms with Gasteiger partial charge in [-0.2, -0.15) is 0 Å². The van der Waals surface area contributed by atoms with Gasteiger partial charge in [-0.05, 0) is 76.3 Å². The maximum absolute atomic E-state index is 13.7. The average molecular weight is 465 g/mol. The van der Waals surface area contributed by atoms with E-state index in [1.54, 1.807) is 29.2 Å². The number of nitrogens with zero attached hydrogens (tertiary/aromatic N) is 4. The molecule has 4 rings (SSSR count). The smallest absolute Gasteiger partial charge is 0.260 e. The third kappa shape index (κ3) is 4.82. The van der Waals surface area contributed by atoms with Crippen LogP contribution in [0.3, 0.4) is 0 Å². The first-order valence-electron chi connectivity index (χ1n) is 11.0. The summed E-state index contributed by atoms with van der Waals surface area (Å²) in [6.07, 6.45) is 1.20. The molecule has 0 saturated carbocycles. The summed E-state index contributed by atoms with van der Waals surface area (Å²) >= 11 is 1.51. The summed E-state index contributed by atoms with van der Waals surface area (Å²) < 4.78 is 1.07. The van der Waals surface area contributed by atoms with Crippen LogP contribution in [0.5, 0.6) is 0 Å². The van der Waals surface area contributed by atoms with E-state index in [2.05, 4.69) is 17.9 Å². The highest BCUT2D eigenvalue weighted by atomic mass is 32.1. The van der Waals surface area contributed by atoms with Gasteiger partial charge in [-0.25, -0.2) is 4.98 Å². The largest absolute Gasteiger partial charge is 0.309 e. The highest BCUT2D eigenvalue weighted by molar-refractivity contribution is 7.22. The summed E-state index contributed by atoms with van der Waals surface area (Å²) in [5.41, 5.74) is 4.03. The number of thiazole rings is 1. The average Bonchev–Trinajstić information content (AvgIpc) is 3.33. The molecule has 1 aliphatic heterocycles. The molecule has 1 aliphatic rings. The normalized spacial score (nSPS) is 14.0. The van der Waals surface area contributed by atoms with Gasteiger partial charge in [-0.15, -0.1) is 0 Å². The topological polar surface area (TPSA) is 73.8 Å². The Bertz CT molecular complexity index is 1220. The molecular weight excluding hydrogens is 436 g/mol. The highest BCUT2D eigenvalue weighted by Crippen LogP contribution is 2.33. The van der Waals surface area contributed by atoms with Crippen LogP contribution in [0.2, 0.25) is 0 Å². The van der Waals surface area contributed by atoms with Crippen LogP contribution < -0.4 is 9.80 Å². The lowest BCUT2D eigenvalue weighted by Gasteiger charge is -2.22. The number of hydrogen-bond donors (Lipinski definition) is 0. The molecule has 3 amide bonds. The molecule has 0 radical (unpaired) electrons. The molecule has 7 nitrogen and oxygen atoms in total. The predicted molar refractivity (Wildman–Crippen MR) is 132 cm³/mol. The first-order chi connectivity index (χ1) is 15.7. The lowest BCUT2D eigenvalue weighted by Crippen LogP contribution is -2.34. The molecule has 1 aromatic heterocycles. The van der Waals surface area contributed by atoms with Gasteiger partial charge in [-0.1, -0.05) is 23.5 Å². The van der Waals surface area contributed by atoms with E-state index in [-0.39, 0.29) is 30.6 Å². The van der Waals surface area contributed by atoms with Crippen LogP contribution in [0.25, 0.3) is 10.2 Å². The number of benzene rings is 2. The number of carbonyl (C=O) groups excluding carboxylic acids is 3. The van der Waals surface area contributed by atoms with Crippen LogP contribution >= 0.6 is 11.3 Å². The molecule has 0 aliphatic carbocycles. The first-order valence-corrected chi connectivity index (χ1v) is 11.9. The van der Waals surface area contributed by atoms with Gasteiger partial charge in [0.25, 0.3) is 5.91 Å². The standard InChI is InChI=1S/C25H28N4O3S/c1-16-13-17(2)23-20(14-16)26-25(33-23)28(12-6-11-27(3)4)24(32)18-7-5-8-19(15-18)29-21(30)9-10-22(29)31/h5,7-8,13-15H,6,9-12H2,1-4H3. The van der Waals surface area contributed by atoms with Gasteiger partial charge >= 0.3 is 0 Å². The van der Waals surface area contributed by atoms with Gasteiger partial charge in [-0.3, -0.25) is 24.2 Å². The van der Waals surface area contributed by atoms with Crippen molar-refractivity contribution in [3.8, 4) is 0 Å². The number of anilines is 2. The Morgan fingerprint density at radius 3 is 2.48 bits per heavy atom. The molecule has 1 fully saturated rings. The Hall–Kier alpha value is -3.10. The van der Waals surface area contributed by atoms with E-state index in [4.69, 9.17) is 4.98 Å². The van der Waals surface area contributed by atoms with Crippen molar-refractivity contribution in [3.05, 3.63) is 53.1 Å². The van der Waals surface area contributed by atoms with E-state index in [1.807, 2.05) is 27.1 Å². The van der Waals surface area contributed by atoms with Crippen molar-refractivity contribution >= 4 is 50.1 Å². The van der Waals surface area contributed by atoms with Gasteiger partial charge in [0.1, 0.15) is 0 Å². The number of fused-ring (bicyclic) bond motifs is 1. The van der Waals surface area contributed by atoms with E-state index in [1.165, 1.54) is 16.2 Å². The molecule has 2 heterocycles. The second-order valence-corrected chi connectivity index (χ2v) is 9.69. The molecule has 33 heavy (non-hydrogen) atoms. The number of aryl methyl sites for hydroxylation is 2. The number of carbonyl (C=O) groups is 3. The van der Waals surface area contributed by atoms with Gasteiger partial charge in [0.05, 0.1) is 15.9 Å². The second-order valence-electron chi connectivity index (χ2n) is 8.71. The summed E-state index contributed by atoms with van der Waals surface area (Å²) in [4.78, 5) is 47.8. The Morgan fingerprint density at radius 2 is 1.79 bits per heavy atom. The molecule has 0 bridgehead atoms. The van der Waals surface area contributed by atoms with Gasteiger partial charge in [0.2, 0.25) is 11.8 Å². The van der Waals surface area contributed by atoms with Crippen LogP contribution in [0.4, 0.5) is 10.8 Å². The Morgan fingerprint density at radius 1 is 1.06 bits per heavy atom. The predicted octanol–water partition coefficient (Wildman–Crippen LogP) is 4.17. The Kier molecular flexibility index (Phi) is 6.58. The number of aromatic nitrogens is 1. The first kappa shape index (κ1) is 23.1. The molecule has 0 unspecified atom stereocenters. The maximum atomic E-state index is 13.7. The maximum Gasteiger partial charge on any atom is 0.260 e. The van der Waals surface area contributed by atoms with Crippen molar-refractivity contribution in [1.29, 1.82) is 0 Å². The molecule has 1 saturated heterocycles. The molecule has 8 heteroatoms. The van der Waals surface area contributed by atoms with Crippen molar-refractivity contribution in [2.45, 2.75) is 33.1 Å². The molecule has 0 atom stereocenters. The van der Waals surface area contributed by atoms with E-state index < -0.39 is 0 Å². The fraction of sp³-hybridized carbons (Fsp3) is 0.360.